The maximum absolute atomic E-state index is 11.4. The highest BCUT2D eigenvalue weighted by Gasteiger charge is 2.48. The molecule has 1 fully saturated rings. The van der Waals surface area contributed by atoms with Gasteiger partial charge in [-0.25, -0.2) is 0 Å². The van der Waals surface area contributed by atoms with E-state index in [2.05, 4.69) is 4.90 Å². The Balaban J connectivity index is 2.93. The molecule has 0 amide bonds. The molecule has 0 aromatic heterocycles. The van der Waals surface area contributed by atoms with Crippen LogP contribution >= 0.6 is 0 Å². The molecule has 0 saturated carbocycles. The predicted octanol–water partition coefficient (Wildman–Crippen LogP) is 0.343. The van der Waals surface area contributed by atoms with Crippen molar-refractivity contribution in [1.29, 1.82) is 0 Å². The first kappa shape index (κ1) is 11.5. The molecule has 0 aliphatic carbocycles. The van der Waals surface area contributed by atoms with Crippen molar-refractivity contribution in [3.63, 3.8) is 0 Å². The lowest BCUT2D eigenvalue weighted by Crippen LogP contribution is -2.62. The fourth-order valence-corrected chi connectivity index (χ4v) is 2.49. The Bertz CT molecular complexity index is 230. The zero-order chi connectivity index (χ0) is 10.9. The molecule has 1 N–H and O–H groups in total. The quantitative estimate of drug-likeness (QED) is 0.698. The van der Waals surface area contributed by atoms with Crippen molar-refractivity contribution < 1.29 is 9.90 Å². The van der Waals surface area contributed by atoms with E-state index in [0.717, 1.165) is 13.1 Å². The molecule has 4 nitrogen and oxygen atoms in total. The monoisotopic (exact) mass is 200 g/mol. The molecule has 4 heteroatoms. The highest BCUT2D eigenvalue weighted by atomic mass is 16.4. The van der Waals surface area contributed by atoms with Crippen molar-refractivity contribution in [2.24, 2.45) is 5.92 Å². The Kier molecular flexibility index (Phi) is 3.17. The molecule has 1 aliphatic heterocycles. The normalized spacial score (nSPS) is 34.8. The molecule has 82 valence electrons. The molecule has 1 saturated heterocycles. The third-order valence-corrected chi connectivity index (χ3v) is 3.44. The molecule has 14 heavy (non-hydrogen) atoms. The summed E-state index contributed by atoms with van der Waals surface area (Å²) >= 11 is 0. The van der Waals surface area contributed by atoms with E-state index in [1.165, 1.54) is 0 Å². The van der Waals surface area contributed by atoms with Gasteiger partial charge in [0.25, 0.3) is 0 Å². The van der Waals surface area contributed by atoms with Crippen LogP contribution in [0.25, 0.3) is 0 Å². The molecule has 2 atom stereocenters. The smallest absolute Gasteiger partial charge is 0.324 e. The summed E-state index contributed by atoms with van der Waals surface area (Å²) in [7, 11) is 5.75. The van der Waals surface area contributed by atoms with Gasteiger partial charge in [-0.3, -0.25) is 9.69 Å². The van der Waals surface area contributed by atoms with Crippen molar-refractivity contribution in [3.8, 4) is 0 Å². The van der Waals surface area contributed by atoms with Crippen LogP contribution in [0.5, 0.6) is 0 Å². The van der Waals surface area contributed by atoms with E-state index >= 15 is 0 Å². The summed E-state index contributed by atoms with van der Waals surface area (Å²) in [5.74, 6) is -0.531. The number of carboxylic acids is 1. The van der Waals surface area contributed by atoms with Crippen molar-refractivity contribution in [2.75, 3.05) is 34.2 Å². The largest absolute Gasteiger partial charge is 0.480 e. The van der Waals surface area contributed by atoms with Crippen LogP contribution in [0.3, 0.4) is 0 Å². The fraction of sp³-hybridized carbons (Fsp3) is 0.900. The second-order valence-corrected chi connectivity index (χ2v) is 4.54. The van der Waals surface area contributed by atoms with Crippen molar-refractivity contribution in [3.05, 3.63) is 0 Å². The van der Waals surface area contributed by atoms with Crippen LogP contribution in [0.1, 0.15) is 13.3 Å². The zero-order valence-electron chi connectivity index (χ0n) is 9.45. The summed E-state index contributed by atoms with van der Waals surface area (Å²) in [4.78, 5) is 15.4. The molecule has 2 unspecified atom stereocenters. The van der Waals surface area contributed by atoms with E-state index in [-0.39, 0.29) is 5.92 Å². The fourth-order valence-electron chi connectivity index (χ4n) is 2.49. The maximum Gasteiger partial charge on any atom is 0.324 e. The van der Waals surface area contributed by atoms with Crippen LogP contribution in [0.15, 0.2) is 0 Å². The number of nitrogens with zero attached hydrogens (tertiary/aromatic N) is 2. The number of likely N-dealkylation sites (tertiary alicyclic amines) is 1. The van der Waals surface area contributed by atoms with Gasteiger partial charge in [-0.1, -0.05) is 6.92 Å². The van der Waals surface area contributed by atoms with Crippen LogP contribution < -0.4 is 0 Å². The molecule has 0 aromatic rings. The Morgan fingerprint density at radius 3 is 2.50 bits per heavy atom. The molecular formula is C10H20N2O2. The van der Waals surface area contributed by atoms with Crippen LogP contribution in [-0.4, -0.2) is 60.6 Å². The lowest BCUT2D eigenvalue weighted by Gasteiger charge is -2.46. The van der Waals surface area contributed by atoms with Crippen LogP contribution in [-0.2, 0) is 4.79 Å². The predicted molar refractivity (Wildman–Crippen MR) is 55.3 cm³/mol. The summed E-state index contributed by atoms with van der Waals surface area (Å²) in [6.45, 7) is 3.73. The minimum atomic E-state index is -0.692. The summed E-state index contributed by atoms with van der Waals surface area (Å²) in [5, 5.41) is 9.36. The molecule has 0 aromatic carbocycles. The summed E-state index contributed by atoms with van der Waals surface area (Å²) in [6, 6.07) is 0. The van der Waals surface area contributed by atoms with Gasteiger partial charge in [-0.15, -0.1) is 0 Å². The number of piperidine rings is 1. The van der Waals surface area contributed by atoms with Crippen LogP contribution in [0.4, 0.5) is 0 Å². The first-order chi connectivity index (χ1) is 6.41. The molecule has 1 aliphatic rings. The second-order valence-electron chi connectivity index (χ2n) is 4.54. The Hall–Kier alpha value is -0.610. The van der Waals surface area contributed by atoms with Gasteiger partial charge in [-0.2, -0.15) is 0 Å². The molecule has 1 rings (SSSR count). The summed E-state index contributed by atoms with van der Waals surface area (Å²) in [5.41, 5.74) is -0.674. The van der Waals surface area contributed by atoms with E-state index in [4.69, 9.17) is 0 Å². The number of carbonyl (C=O) groups is 1. The molecule has 0 bridgehead atoms. The number of hydrogen-bond donors (Lipinski definition) is 1. The molecular weight excluding hydrogens is 180 g/mol. The Morgan fingerprint density at radius 1 is 1.57 bits per heavy atom. The van der Waals surface area contributed by atoms with Gasteiger partial charge in [0.2, 0.25) is 0 Å². The van der Waals surface area contributed by atoms with E-state index in [1.807, 2.05) is 33.0 Å². The van der Waals surface area contributed by atoms with E-state index in [1.54, 1.807) is 0 Å². The third-order valence-electron chi connectivity index (χ3n) is 3.44. The SMILES string of the molecule is CC1CN(C)CCC1(C(=O)O)N(C)C. The highest BCUT2D eigenvalue weighted by molar-refractivity contribution is 5.79. The number of carboxylic acid groups (broad SMARTS) is 1. The summed E-state index contributed by atoms with van der Waals surface area (Å²) in [6.07, 6.45) is 0.701. The Labute approximate surface area is 85.5 Å². The standard InChI is InChI=1S/C10H20N2O2/c1-8-7-12(4)6-5-10(8,9(13)14)11(2)3/h8H,5-7H2,1-4H3,(H,13,14). The Morgan fingerprint density at radius 2 is 2.14 bits per heavy atom. The second kappa shape index (κ2) is 3.87. The highest BCUT2D eigenvalue weighted by Crippen LogP contribution is 2.31. The van der Waals surface area contributed by atoms with Crippen molar-refractivity contribution >= 4 is 5.97 Å². The first-order valence-corrected chi connectivity index (χ1v) is 5.00. The lowest BCUT2D eigenvalue weighted by molar-refractivity contribution is -0.157. The maximum atomic E-state index is 11.4. The van der Waals surface area contributed by atoms with Gasteiger partial charge >= 0.3 is 5.97 Å². The average Bonchev–Trinajstić information content (AvgIpc) is 2.02. The zero-order valence-corrected chi connectivity index (χ0v) is 9.45. The number of likely N-dealkylation sites (N-methyl/N-ethyl adjacent to an activating group) is 1. The van der Waals surface area contributed by atoms with Gasteiger partial charge in [0.15, 0.2) is 0 Å². The molecule has 1 heterocycles. The minimum absolute atomic E-state index is 0.161. The lowest BCUT2D eigenvalue weighted by atomic mass is 9.78. The van der Waals surface area contributed by atoms with Gasteiger partial charge in [0.1, 0.15) is 5.54 Å². The minimum Gasteiger partial charge on any atom is -0.480 e. The van der Waals surface area contributed by atoms with Gasteiger partial charge < -0.3 is 10.0 Å². The van der Waals surface area contributed by atoms with E-state index < -0.39 is 11.5 Å². The van der Waals surface area contributed by atoms with E-state index in [0.29, 0.717) is 6.42 Å². The van der Waals surface area contributed by atoms with Gasteiger partial charge in [-0.05, 0) is 33.5 Å². The third kappa shape index (κ3) is 1.64. The average molecular weight is 200 g/mol. The van der Waals surface area contributed by atoms with Gasteiger partial charge in [0, 0.05) is 13.1 Å². The van der Waals surface area contributed by atoms with Crippen molar-refractivity contribution in [1.82, 2.24) is 9.80 Å². The number of rotatable bonds is 2. The molecule has 0 spiro atoms. The summed E-state index contributed by atoms with van der Waals surface area (Å²) < 4.78 is 0. The number of hydrogen-bond acceptors (Lipinski definition) is 3. The topological polar surface area (TPSA) is 43.8 Å². The first-order valence-electron chi connectivity index (χ1n) is 5.00. The molecule has 0 radical (unpaired) electrons. The van der Waals surface area contributed by atoms with Crippen LogP contribution in [0.2, 0.25) is 0 Å². The van der Waals surface area contributed by atoms with Gasteiger partial charge in [0.05, 0.1) is 0 Å². The number of aliphatic carboxylic acids is 1. The van der Waals surface area contributed by atoms with E-state index in [9.17, 15) is 9.90 Å². The van der Waals surface area contributed by atoms with Crippen LogP contribution in [0, 0.1) is 5.92 Å². The van der Waals surface area contributed by atoms with Crippen molar-refractivity contribution in [2.45, 2.75) is 18.9 Å².